The Morgan fingerprint density at radius 1 is 1.24 bits per heavy atom. The molecule has 0 bridgehead atoms. The van der Waals surface area contributed by atoms with Crippen LogP contribution in [-0.2, 0) is 4.74 Å². The molecule has 0 saturated carbocycles. The lowest BCUT2D eigenvalue weighted by atomic mass is 10.1. The Balaban J connectivity index is 2.58. The summed E-state index contributed by atoms with van der Waals surface area (Å²) in [6, 6.07) is 7.78. The van der Waals surface area contributed by atoms with Gasteiger partial charge in [0.05, 0.1) is 6.61 Å². The molecule has 0 heterocycles. The van der Waals surface area contributed by atoms with Crippen molar-refractivity contribution in [2.24, 2.45) is 0 Å². The fourth-order valence-corrected chi connectivity index (χ4v) is 1.92. The number of aromatic hydroxyl groups is 1. The van der Waals surface area contributed by atoms with Crippen molar-refractivity contribution < 1.29 is 9.84 Å². The van der Waals surface area contributed by atoms with Crippen molar-refractivity contribution in [3.8, 4) is 5.75 Å². The minimum absolute atomic E-state index is 0.318. The van der Waals surface area contributed by atoms with Crippen LogP contribution in [0.15, 0.2) is 24.3 Å². The summed E-state index contributed by atoms with van der Waals surface area (Å²) in [7, 11) is 0. The molecule has 96 valence electrons. The first-order valence-electron chi connectivity index (χ1n) is 6.29. The van der Waals surface area contributed by atoms with Crippen LogP contribution in [0.1, 0.15) is 32.4 Å². The molecule has 3 nitrogen and oxygen atoms in total. The Hall–Kier alpha value is -1.06. The summed E-state index contributed by atoms with van der Waals surface area (Å²) in [5.41, 5.74) is 1.22. The van der Waals surface area contributed by atoms with Crippen molar-refractivity contribution >= 4 is 0 Å². The third-order valence-corrected chi connectivity index (χ3v) is 3.06. The number of hydrogen-bond donors (Lipinski definition) is 1. The van der Waals surface area contributed by atoms with Crippen LogP contribution < -0.4 is 0 Å². The number of nitrogens with zero attached hydrogens (tertiary/aromatic N) is 1. The first-order valence-corrected chi connectivity index (χ1v) is 6.29. The molecule has 0 fully saturated rings. The maximum atomic E-state index is 9.27. The van der Waals surface area contributed by atoms with Crippen molar-refractivity contribution in [1.82, 2.24) is 4.90 Å². The normalized spacial score (nSPS) is 12.9. The van der Waals surface area contributed by atoms with Gasteiger partial charge in [-0.3, -0.25) is 4.90 Å². The van der Waals surface area contributed by atoms with Crippen LogP contribution in [-0.4, -0.2) is 36.3 Å². The summed E-state index contributed by atoms with van der Waals surface area (Å²) in [5, 5.41) is 9.27. The molecule has 0 spiro atoms. The van der Waals surface area contributed by atoms with Gasteiger partial charge in [-0.25, -0.2) is 0 Å². The van der Waals surface area contributed by atoms with Crippen molar-refractivity contribution in [2.45, 2.75) is 26.8 Å². The van der Waals surface area contributed by atoms with E-state index in [2.05, 4.69) is 18.7 Å². The van der Waals surface area contributed by atoms with Crippen LogP contribution in [0.4, 0.5) is 0 Å². The van der Waals surface area contributed by atoms with E-state index in [4.69, 9.17) is 4.74 Å². The van der Waals surface area contributed by atoms with E-state index in [-0.39, 0.29) is 0 Å². The number of rotatable bonds is 7. The summed E-state index contributed by atoms with van der Waals surface area (Å²) < 4.78 is 5.39. The van der Waals surface area contributed by atoms with Gasteiger partial charge < -0.3 is 9.84 Å². The monoisotopic (exact) mass is 237 g/mol. The number of benzene rings is 1. The highest BCUT2D eigenvalue weighted by atomic mass is 16.5. The molecule has 1 rings (SSSR count). The van der Waals surface area contributed by atoms with Crippen LogP contribution in [0, 0.1) is 0 Å². The van der Waals surface area contributed by atoms with Gasteiger partial charge in [-0.2, -0.15) is 0 Å². The number of hydrogen-bond acceptors (Lipinski definition) is 3. The minimum atomic E-state index is 0.318. The standard InChI is InChI=1S/C14H23NO2/c1-4-15(10-11-17-5-2)12(3)13-6-8-14(16)9-7-13/h6-9,12,16H,4-5,10-11H2,1-3H3. The Bertz CT molecular complexity index is 311. The quantitative estimate of drug-likeness (QED) is 0.740. The second-order valence-corrected chi connectivity index (χ2v) is 4.09. The van der Waals surface area contributed by atoms with Crippen molar-refractivity contribution in [2.75, 3.05) is 26.3 Å². The highest BCUT2D eigenvalue weighted by Crippen LogP contribution is 2.21. The molecule has 17 heavy (non-hydrogen) atoms. The third-order valence-electron chi connectivity index (χ3n) is 3.06. The van der Waals surface area contributed by atoms with Crippen molar-refractivity contribution in [3.05, 3.63) is 29.8 Å². The predicted octanol–water partition coefficient (Wildman–Crippen LogP) is 2.81. The number of phenols is 1. The summed E-state index contributed by atoms with van der Waals surface area (Å²) in [5.74, 6) is 0.318. The van der Waals surface area contributed by atoms with Crippen LogP contribution >= 0.6 is 0 Å². The second-order valence-electron chi connectivity index (χ2n) is 4.09. The van der Waals surface area contributed by atoms with E-state index < -0.39 is 0 Å². The van der Waals surface area contributed by atoms with Gasteiger partial charge in [0.2, 0.25) is 0 Å². The molecule has 1 aromatic carbocycles. The molecule has 0 radical (unpaired) electrons. The van der Waals surface area contributed by atoms with E-state index >= 15 is 0 Å². The van der Waals surface area contributed by atoms with E-state index in [1.54, 1.807) is 12.1 Å². The molecule has 0 aliphatic carbocycles. The Morgan fingerprint density at radius 2 is 1.88 bits per heavy atom. The maximum Gasteiger partial charge on any atom is 0.115 e. The van der Waals surface area contributed by atoms with E-state index in [0.717, 1.165) is 26.3 Å². The Morgan fingerprint density at radius 3 is 2.41 bits per heavy atom. The Labute approximate surface area is 104 Å². The molecular weight excluding hydrogens is 214 g/mol. The topological polar surface area (TPSA) is 32.7 Å². The first kappa shape index (κ1) is 14.0. The minimum Gasteiger partial charge on any atom is -0.508 e. The van der Waals surface area contributed by atoms with Gasteiger partial charge >= 0.3 is 0 Å². The fourth-order valence-electron chi connectivity index (χ4n) is 1.92. The second kappa shape index (κ2) is 7.30. The zero-order valence-electron chi connectivity index (χ0n) is 11.0. The predicted molar refractivity (Wildman–Crippen MR) is 70.3 cm³/mol. The van der Waals surface area contributed by atoms with E-state index in [9.17, 15) is 5.11 Å². The molecule has 0 aliphatic heterocycles. The van der Waals surface area contributed by atoms with Gasteiger partial charge in [0.25, 0.3) is 0 Å². The highest BCUT2D eigenvalue weighted by molar-refractivity contribution is 5.27. The van der Waals surface area contributed by atoms with E-state index in [1.807, 2.05) is 19.1 Å². The molecule has 0 aliphatic rings. The maximum absolute atomic E-state index is 9.27. The van der Waals surface area contributed by atoms with E-state index in [0.29, 0.717) is 11.8 Å². The number of ether oxygens (including phenoxy) is 1. The highest BCUT2D eigenvalue weighted by Gasteiger charge is 2.13. The smallest absolute Gasteiger partial charge is 0.115 e. The number of phenolic OH excluding ortho intramolecular Hbond substituents is 1. The molecule has 1 aromatic rings. The Kier molecular flexibility index (Phi) is 6.01. The summed E-state index contributed by atoms with van der Waals surface area (Å²) in [6.07, 6.45) is 0. The lowest BCUT2D eigenvalue weighted by Crippen LogP contribution is -2.30. The van der Waals surface area contributed by atoms with Crippen LogP contribution in [0.3, 0.4) is 0 Å². The van der Waals surface area contributed by atoms with Crippen LogP contribution in [0.2, 0.25) is 0 Å². The van der Waals surface area contributed by atoms with Crippen LogP contribution in [0.5, 0.6) is 5.75 Å². The molecule has 1 N–H and O–H groups in total. The molecular formula is C14H23NO2. The lowest BCUT2D eigenvalue weighted by Gasteiger charge is -2.28. The van der Waals surface area contributed by atoms with Crippen molar-refractivity contribution in [3.63, 3.8) is 0 Å². The van der Waals surface area contributed by atoms with Gasteiger partial charge in [0, 0.05) is 19.2 Å². The average molecular weight is 237 g/mol. The largest absolute Gasteiger partial charge is 0.508 e. The van der Waals surface area contributed by atoms with Gasteiger partial charge in [0.1, 0.15) is 5.75 Å². The lowest BCUT2D eigenvalue weighted by molar-refractivity contribution is 0.100. The first-order chi connectivity index (χ1) is 8.19. The van der Waals surface area contributed by atoms with Gasteiger partial charge in [-0.15, -0.1) is 0 Å². The zero-order valence-corrected chi connectivity index (χ0v) is 11.0. The molecule has 0 aromatic heterocycles. The zero-order chi connectivity index (χ0) is 12.7. The van der Waals surface area contributed by atoms with Gasteiger partial charge in [-0.05, 0) is 38.1 Å². The van der Waals surface area contributed by atoms with Crippen molar-refractivity contribution in [1.29, 1.82) is 0 Å². The fraction of sp³-hybridized carbons (Fsp3) is 0.571. The summed E-state index contributed by atoms with van der Waals surface area (Å²) in [6.45, 7) is 9.82. The molecule has 1 atom stereocenters. The van der Waals surface area contributed by atoms with E-state index in [1.165, 1.54) is 5.56 Å². The summed E-state index contributed by atoms with van der Waals surface area (Å²) in [4.78, 5) is 2.36. The third kappa shape index (κ3) is 4.36. The molecule has 0 amide bonds. The number of likely N-dealkylation sites (N-methyl/N-ethyl adjacent to an activating group) is 1. The van der Waals surface area contributed by atoms with Gasteiger partial charge in [-0.1, -0.05) is 19.1 Å². The van der Waals surface area contributed by atoms with Gasteiger partial charge in [0.15, 0.2) is 0 Å². The summed E-state index contributed by atoms with van der Waals surface area (Å²) >= 11 is 0. The molecule has 3 heteroatoms. The SMILES string of the molecule is CCOCCN(CC)C(C)c1ccc(O)cc1. The van der Waals surface area contributed by atoms with Crippen LogP contribution in [0.25, 0.3) is 0 Å². The molecule has 1 unspecified atom stereocenters. The molecule has 0 saturated heterocycles. The average Bonchev–Trinajstić information content (AvgIpc) is 2.35.